The van der Waals surface area contributed by atoms with Crippen molar-refractivity contribution in [1.29, 1.82) is 0 Å². The third kappa shape index (κ3) is 2.07. The fourth-order valence-corrected chi connectivity index (χ4v) is 3.57. The van der Waals surface area contributed by atoms with Gasteiger partial charge in [-0.1, -0.05) is 19.9 Å². The first-order valence-electron chi connectivity index (χ1n) is 7.42. The summed E-state index contributed by atoms with van der Waals surface area (Å²) in [5, 5.41) is 3.76. The fraction of sp³-hybridized carbons (Fsp3) is 0.688. The Morgan fingerprint density at radius 3 is 3.06 bits per heavy atom. The van der Waals surface area contributed by atoms with Gasteiger partial charge in [-0.25, -0.2) is 0 Å². The van der Waals surface area contributed by atoms with Gasteiger partial charge in [-0.3, -0.25) is 4.98 Å². The van der Waals surface area contributed by atoms with Crippen LogP contribution in [0, 0.1) is 5.41 Å². The van der Waals surface area contributed by atoms with Crippen molar-refractivity contribution in [2.24, 2.45) is 5.41 Å². The van der Waals surface area contributed by atoms with Crippen LogP contribution in [0.15, 0.2) is 18.3 Å². The molecule has 1 heterocycles. The summed E-state index contributed by atoms with van der Waals surface area (Å²) in [4.78, 5) is 4.71. The van der Waals surface area contributed by atoms with E-state index in [0.717, 1.165) is 6.54 Å². The molecule has 2 aliphatic rings. The van der Waals surface area contributed by atoms with Crippen LogP contribution in [-0.4, -0.2) is 17.6 Å². The lowest BCUT2D eigenvalue weighted by molar-refractivity contribution is 0.285. The summed E-state index contributed by atoms with van der Waals surface area (Å²) < 4.78 is 0. The molecule has 2 unspecified atom stereocenters. The monoisotopic (exact) mass is 244 g/mol. The van der Waals surface area contributed by atoms with Crippen molar-refractivity contribution in [3.63, 3.8) is 0 Å². The predicted octanol–water partition coefficient (Wildman–Crippen LogP) is 3.28. The summed E-state index contributed by atoms with van der Waals surface area (Å²) in [6, 6.07) is 4.98. The van der Waals surface area contributed by atoms with E-state index in [1.807, 2.05) is 6.20 Å². The van der Waals surface area contributed by atoms with Crippen LogP contribution < -0.4 is 5.32 Å². The standard InChI is InChI=1S/C16H24N2/c1-3-17-15(16(2)9-10-16)13-8-4-6-12-7-5-11-18-14(12)13/h5,7,11,13,15,17H,3-4,6,8-10H2,1-2H3. The zero-order valence-corrected chi connectivity index (χ0v) is 11.6. The minimum atomic E-state index is 0.521. The second-order valence-corrected chi connectivity index (χ2v) is 6.24. The minimum Gasteiger partial charge on any atom is -0.313 e. The SMILES string of the molecule is CCNC(C1CCCc2cccnc21)C1(C)CC1. The second kappa shape index (κ2) is 4.65. The maximum Gasteiger partial charge on any atom is 0.0482 e. The van der Waals surface area contributed by atoms with Crippen LogP contribution >= 0.6 is 0 Å². The Labute approximate surface area is 110 Å². The van der Waals surface area contributed by atoms with Gasteiger partial charge in [0.15, 0.2) is 0 Å². The highest BCUT2D eigenvalue weighted by molar-refractivity contribution is 5.29. The summed E-state index contributed by atoms with van der Waals surface area (Å²) >= 11 is 0. The highest BCUT2D eigenvalue weighted by atomic mass is 15.0. The van der Waals surface area contributed by atoms with Crippen molar-refractivity contribution in [3.05, 3.63) is 29.6 Å². The van der Waals surface area contributed by atoms with Gasteiger partial charge in [0.05, 0.1) is 0 Å². The first-order valence-corrected chi connectivity index (χ1v) is 7.42. The Hall–Kier alpha value is -0.890. The number of rotatable bonds is 4. The fourth-order valence-electron chi connectivity index (χ4n) is 3.57. The maximum atomic E-state index is 4.71. The van der Waals surface area contributed by atoms with E-state index < -0.39 is 0 Å². The van der Waals surface area contributed by atoms with Crippen molar-refractivity contribution in [3.8, 4) is 0 Å². The highest BCUT2D eigenvalue weighted by Gasteiger charge is 2.48. The molecule has 1 N–H and O–H groups in total. The number of hydrogen-bond donors (Lipinski definition) is 1. The lowest BCUT2D eigenvalue weighted by atomic mass is 9.76. The van der Waals surface area contributed by atoms with Crippen molar-refractivity contribution < 1.29 is 0 Å². The summed E-state index contributed by atoms with van der Waals surface area (Å²) in [6.45, 7) is 5.73. The van der Waals surface area contributed by atoms with Crippen molar-refractivity contribution in [2.75, 3.05) is 6.54 Å². The van der Waals surface area contributed by atoms with E-state index >= 15 is 0 Å². The molecule has 2 atom stereocenters. The largest absolute Gasteiger partial charge is 0.313 e. The topological polar surface area (TPSA) is 24.9 Å². The zero-order valence-electron chi connectivity index (χ0n) is 11.6. The van der Waals surface area contributed by atoms with Crippen LogP contribution in [0.4, 0.5) is 0 Å². The Morgan fingerprint density at radius 2 is 2.33 bits per heavy atom. The van der Waals surface area contributed by atoms with Crippen molar-refractivity contribution in [1.82, 2.24) is 10.3 Å². The van der Waals surface area contributed by atoms with E-state index in [1.165, 1.54) is 43.4 Å². The first-order chi connectivity index (χ1) is 8.74. The molecule has 3 rings (SSSR count). The van der Waals surface area contributed by atoms with Gasteiger partial charge in [0.25, 0.3) is 0 Å². The molecule has 2 aliphatic carbocycles. The minimum absolute atomic E-state index is 0.521. The number of nitrogens with one attached hydrogen (secondary N) is 1. The van der Waals surface area contributed by atoms with E-state index in [2.05, 4.69) is 31.3 Å². The molecule has 0 saturated heterocycles. The number of hydrogen-bond acceptors (Lipinski definition) is 2. The molecule has 1 aromatic heterocycles. The van der Waals surface area contributed by atoms with Crippen molar-refractivity contribution >= 4 is 0 Å². The molecule has 18 heavy (non-hydrogen) atoms. The lowest BCUT2D eigenvalue weighted by Gasteiger charge is -2.36. The number of nitrogens with zero attached hydrogens (tertiary/aromatic N) is 1. The van der Waals surface area contributed by atoms with Gasteiger partial charge in [0.1, 0.15) is 0 Å². The average molecular weight is 244 g/mol. The van der Waals surface area contributed by atoms with Crippen LogP contribution in [-0.2, 0) is 6.42 Å². The van der Waals surface area contributed by atoms with Gasteiger partial charge >= 0.3 is 0 Å². The van der Waals surface area contributed by atoms with Crippen LogP contribution in [0.3, 0.4) is 0 Å². The molecule has 2 nitrogen and oxygen atoms in total. The number of aromatic nitrogens is 1. The molecule has 0 spiro atoms. The lowest BCUT2D eigenvalue weighted by Crippen LogP contribution is -2.42. The average Bonchev–Trinajstić information content (AvgIpc) is 3.14. The van der Waals surface area contributed by atoms with E-state index in [-0.39, 0.29) is 0 Å². The van der Waals surface area contributed by atoms with Gasteiger partial charge in [0, 0.05) is 23.9 Å². The van der Waals surface area contributed by atoms with Gasteiger partial charge in [0.2, 0.25) is 0 Å². The quantitative estimate of drug-likeness (QED) is 0.879. The normalized spacial score (nSPS) is 26.4. The van der Waals surface area contributed by atoms with Gasteiger partial charge in [-0.2, -0.15) is 0 Å². The van der Waals surface area contributed by atoms with E-state index in [1.54, 1.807) is 0 Å². The molecule has 0 aliphatic heterocycles. The molecule has 1 saturated carbocycles. The summed E-state index contributed by atoms with van der Waals surface area (Å²) in [5.74, 6) is 0.627. The number of fused-ring (bicyclic) bond motifs is 1. The van der Waals surface area contributed by atoms with Crippen LogP contribution in [0.2, 0.25) is 0 Å². The molecule has 0 aromatic carbocycles. The van der Waals surface area contributed by atoms with E-state index in [0.29, 0.717) is 17.4 Å². The number of aryl methyl sites for hydroxylation is 1. The predicted molar refractivity (Wildman–Crippen MR) is 74.7 cm³/mol. The molecule has 0 bridgehead atoms. The molecular formula is C16H24N2. The first kappa shape index (κ1) is 12.2. The van der Waals surface area contributed by atoms with Gasteiger partial charge in [-0.05, 0) is 55.7 Å². The van der Waals surface area contributed by atoms with Crippen LogP contribution in [0.25, 0.3) is 0 Å². The molecule has 98 valence electrons. The number of likely N-dealkylation sites (N-methyl/N-ethyl adjacent to an activating group) is 1. The smallest absolute Gasteiger partial charge is 0.0482 e. The summed E-state index contributed by atoms with van der Waals surface area (Å²) in [5.41, 5.74) is 3.39. The van der Waals surface area contributed by atoms with Gasteiger partial charge in [-0.15, -0.1) is 0 Å². The van der Waals surface area contributed by atoms with E-state index in [4.69, 9.17) is 4.98 Å². The molecule has 1 fully saturated rings. The van der Waals surface area contributed by atoms with Crippen LogP contribution in [0.5, 0.6) is 0 Å². The van der Waals surface area contributed by atoms with E-state index in [9.17, 15) is 0 Å². The number of pyridine rings is 1. The third-order valence-electron chi connectivity index (χ3n) is 4.85. The Morgan fingerprint density at radius 1 is 1.50 bits per heavy atom. The Balaban J connectivity index is 1.91. The highest BCUT2D eigenvalue weighted by Crippen LogP contribution is 2.53. The zero-order chi connectivity index (χ0) is 12.6. The Kier molecular flexibility index (Phi) is 3.14. The molecule has 1 aromatic rings. The third-order valence-corrected chi connectivity index (χ3v) is 4.85. The van der Waals surface area contributed by atoms with Crippen LogP contribution in [0.1, 0.15) is 56.7 Å². The molecule has 2 heteroatoms. The molecule has 0 radical (unpaired) electrons. The summed E-state index contributed by atoms with van der Waals surface area (Å²) in [6.07, 6.45) is 8.57. The van der Waals surface area contributed by atoms with Crippen molar-refractivity contribution in [2.45, 2.75) is 57.9 Å². The Bertz CT molecular complexity index is 423. The van der Waals surface area contributed by atoms with Gasteiger partial charge < -0.3 is 5.32 Å². The molecular weight excluding hydrogens is 220 g/mol. The molecule has 0 amide bonds. The maximum absolute atomic E-state index is 4.71. The second-order valence-electron chi connectivity index (χ2n) is 6.24. The summed E-state index contributed by atoms with van der Waals surface area (Å²) in [7, 11) is 0.